The summed E-state index contributed by atoms with van der Waals surface area (Å²) in [5.41, 5.74) is 2.84. The van der Waals surface area contributed by atoms with Gasteiger partial charge in [0.2, 0.25) is 6.04 Å². The van der Waals surface area contributed by atoms with Crippen molar-refractivity contribution in [3.63, 3.8) is 0 Å². The molecule has 3 nitrogen and oxygen atoms in total. The number of aryl methyl sites for hydroxylation is 2. The molecule has 0 spiro atoms. The van der Waals surface area contributed by atoms with E-state index in [0.29, 0.717) is 31.5 Å². The van der Waals surface area contributed by atoms with Crippen LogP contribution in [0.4, 0.5) is 0 Å². The first-order valence-corrected chi connectivity index (χ1v) is 19.2. The van der Waals surface area contributed by atoms with Crippen LogP contribution in [0.2, 0.25) is 0 Å². The normalized spacial score (nSPS) is 16.3. The number of alkyl halides is 1. The Labute approximate surface area is 151 Å². The molecule has 0 saturated heterocycles. The average molecular weight is 696 g/mol. The molecule has 0 fully saturated rings. The zero-order chi connectivity index (χ0) is 13.7. The molecule has 2 heterocycles. The molecule has 0 aromatic carbocycles. The monoisotopic (exact) mass is 696 g/mol. The molecule has 0 amide bonds. The predicted octanol–water partition coefficient (Wildman–Crippen LogP) is 0.607. The van der Waals surface area contributed by atoms with Gasteiger partial charge in [-0.1, -0.05) is 22.6 Å². The quantitative estimate of drug-likeness (QED) is 0.246. The van der Waals surface area contributed by atoms with Gasteiger partial charge in [0.25, 0.3) is 0 Å². The second kappa shape index (κ2) is 8.60. The van der Waals surface area contributed by atoms with Crippen molar-refractivity contribution in [3.8, 4) is 11.9 Å². The van der Waals surface area contributed by atoms with Crippen LogP contribution in [0.5, 0.6) is 5.88 Å². The molecule has 100 valence electrons. The molecule has 18 heavy (non-hydrogen) atoms. The van der Waals surface area contributed by atoms with Crippen molar-refractivity contribution in [3.05, 3.63) is 22.9 Å². The van der Waals surface area contributed by atoms with Gasteiger partial charge in [0.1, 0.15) is 6.07 Å². The molecule has 7 heteroatoms. The van der Waals surface area contributed by atoms with E-state index in [1.54, 1.807) is 0 Å². The van der Waals surface area contributed by atoms with Crippen molar-refractivity contribution < 1.29 is 22.6 Å². The fraction of sp³-hybridized carbons (Fsp3) is 0.455. The molecule has 1 aromatic rings. The summed E-state index contributed by atoms with van der Waals surface area (Å²) >= 11 is 7.65. The van der Waals surface area contributed by atoms with Crippen molar-refractivity contribution in [2.24, 2.45) is 0 Å². The third kappa shape index (κ3) is 3.94. The van der Waals surface area contributed by atoms with Gasteiger partial charge in [-0.3, -0.25) is 0 Å². The number of hydrogen-bond donors (Lipinski definition) is 0. The first-order valence-electron chi connectivity index (χ1n) is 5.12. The van der Waals surface area contributed by atoms with E-state index >= 15 is 0 Å². The predicted molar refractivity (Wildman–Crippen MR) is 92.3 cm³/mol. The molecule has 0 radical (unpaired) electrons. The Balaban J connectivity index is 0.000000492. The van der Waals surface area contributed by atoms with Crippen LogP contribution < -0.4 is 22.6 Å². The molecule has 0 bridgehead atoms. The van der Waals surface area contributed by atoms with Gasteiger partial charge in [-0.05, 0) is 12.5 Å². The number of rotatable bonds is 1. The van der Waals surface area contributed by atoms with E-state index in [0.717, 1.165) is 15.9 Å². The van der Waals surface area contributed by atoms with Gasteiger partial charge in [0.05, 0.1) is 4.43 Å². The summed E-state index contributed by atoms with van der Waals surface area (Å²) in [6, 6.07) is 4.64. The van der Waals surface area contributed by atoms with Crippen molar-refractivity contribution in [1.29, 1.82) is 5.26 Å². The van der Waals surface area contributed by atoms with Gasteiger partial charge in [-0.2, -0.15) is 9.83 Å². The number of pyridine rings is 1. The van der Waals surface area contributed by atoms with Crippen LogP contribution in [0.15, 0.2) is 6.07 Å². The van der Waals surface area contributed by atoms with Gasteiger partial charge in [0, 0.05) is 13.0 Å². The molecule has 2 rings (SSSR count). The third-order valence-corrected chi connectivity index (χ3v) is 3.72. The van der Waals surface area contributed by atoms with Crippen molar-refractivity contribution in [2.75, 3.05) is 11.0 Å². The minimum atomic E-state index is 0.369. The van der Waals surface area contributed by atoms with Crippen molar-refractivity contribution in [2.45, 2.75) is 19.9 Å². The Morgan fingerprint density at radius 2 is 2.17 bits per heavy atom. The Hall–Kier alpha value is 1.36. The molecular weight excluding hydrogens is 684 g/mol. The fourth-order valence-electron chi connectivity index (χ4n) is 2.00. The van der Waals surface area contributed by atoms with Crippen molar-refractivity contribution in [1.82, 2.24) is 0 Å². The summed E-state index contributed by atoms with van der Waals surface area (Å²) in [6.45, 7) is 4.70. The maximum absolute atomic E-state index is 9.09. The molecule has 0 saturated carbocycles. The summed E-state index contributed by atoms with van der Waals surface area (Å²) in [4.78, 5) is 0. The van der Waals surface area contributed by atoms with Crippen LogP contribution in [-0.4, -0.2) is 11.0 Å². The Kier molecular flexibility index (Phi) is 8.32. The number of hydrogen-bond acceptors (Lipinski definition) is 2. The first kappa shape index (κ1) is 17.4. The molecule has 0 N–H and O–H groups in total. The SMILES string of the molecule is Cc1cc(C)[n+]2c(c1C#N)OCC2CI.I[I-]I. The van der Waals surface area contributed by atoms with Crippen LogP contribution in [0, 0.1) is 25.2 Å². The van der Waals surface area contributed by atoms with E-state index in [2.05, 4.69) is 83.4 Å². The van der Waals surface area contributed by atoms with Crippen LogP contribution in [0.1, 0.15) is 22.9 Å². The van der Waals surface area contributed by atoms with E-state index < -0.39 is 0 Å². The van der Waals surface area contributed by atoms with Crippen LogP contribution in [0.25, 0.3) is 0 Å². The zero-order valence-electron chi connectivity index (χ0n) is 9.88. The zero-order valence-corrected chi connectivity index (χ0v) is 18.5. The third-order valence-electron chi connectivity index (χ3n) is 2.70. The fourth-order valence-corrected chi connectivity index (χ4v) is 2.65. The summed E-state index contributed by atoms with van der Waals surface area (Å²) in [5.74, 6) is 0.747. The van der Waals surface area contributed by atoms with Crippen LogP contribution in [0.3, 0.4) is 0 Å². The number of halogens is 4. The molecule has 1 atom stereocenters. The topological polar surface area (TPSA) is 36.9 Å². The summed E-state index contributed by atoms with van der Waals surface area (Å²) in [5, 5.41) is 9.09. The molecule has 0 aliphatic carbocycles. The van der Waals surface area contributed by atoms with E-state index in [4.69, 9.17) is 10.00 Å². The summed E-state index contributed by atoms with van der Waals surface area (Å²) < 4.78 is 8.76. The van der Waals surface area contributed by atoms with E-state index in [9.17, 15) is 0 Å². The molecule has 1 unspecified atom stereocenters. The standard InChI is InChI=1S/C11H12IN2O.I3/c1-7-3-8(2)14-9(4-12)6-15-11(14)10(7)5-13;1-3-2/h3,9H,4,6H2,1-2H3;/q+1;-1. The number of fused-ring (bicyclic) bond motifs is 1. The average Bonchev–Trinajstić information content (AvgIpc) is 2.74. The van der Waals surface area contributed by atoms with Crippen LogP contribution in [-0.2, 0) is 0 Å². The van der Waals surface area contributed by atoms with Gasteiger partial charge in [-0.25, -0.2) is 0 Å². The number of ether oxygens (including phenoxy) is 1. The summed E-state index contributed by atoms with van der Waals surface area (Å²) in [7, 11) is 0. The molecule has 1 aliphatic rings. The Morgan fingerprint density at radius 1 is 1.56 bits per heavy atom. The number of nitriles is 1. The van der Waals surface area contributed by atoms with Gasteiger partial charge in [-0.15, -0.1) is 0 Å². The number of nitrogens with zero attached hydrogens (tertiary/aromatic N) is 2. The van der Waals surface area contributed by atoms with E-state index in [-0.39, 0.29) is 0 Å². The maximum atomic E-state index is 9.09. The van der Waals surface area contributed by atoms with Crippen molar-refractivity contribution >= 4 is 59.8 Å². The van der Waals surface area contributed by atoms with E-state index in [1.165, 1.54) is 5.69 Å². The molecule has 1 aromatic heterocycles. The van der Waals surface area contributed by atoms with Gasteiger partial charge in [0.15, 0.2) is 17.9 Å². The summed E-state index contributed by atoms with van der Waals surface area (Å²) in [6.07, 6.45) is 0. The second-order valence-electron chi connectivity index (χ2n) is 3.80. The van der Waals surface area contributed by atoms with Gasteiger partial charge >= 0.3 is 56.4 Å². The van der Waals surface area contributed by atoms with E-state index in [1.807, 2.05) is 6.92 Å². The molecular formula is C11H12I4N2O. The molecule has 1 aliphatic heterocycles. The Morgan fingerprint density at radius 3 is 2.67 bits per heavy atom. The first-order chi connectivity index (χ1) is 8.60. The number of aromatic nitrogens is 1. The van der Waals surface area contributed by atoms with Crippen LogP contribution >= 0.6 is 59.8 Å². The Bertz CT molecular complexity index is 473. The van der Waals surface area contributed by atoms with Gasteiger partial charge < -0.3 is 4.74 Å². The second-order valence-corrected chi connectivity index (χ2v) is 20.9. The minimum absolute atomic E-state index is 0.369.